The number of ether oxygens (including phenoxy) is 3. The van der Waals surface area contributed by atoms with Crippen molar-refractivity contribution in [1.82, 2.24) is 14.6 Å². The van der Waals surface area contributed by atoms with Gasteiger partial charge in [0, 0.05) is 24.4 Å². The predicted octanol–water partition coefficient (Wildman–Crippen LogP) is 3.53. The predicted molar refractivity (Wildman–Crippen MR) is 82.3 cm³/mol. The highest BCUT2D eigenvalue weighted by Crippen LogP contribution is 2.33. The van der Waals surface area contributed by atoms with E-state index < -0.39 is 47.8 Å². The molecule has 28 heavy (non-hydrogen) atoms. The molecule has 12 heteroatoms. The summed E-state index contributed by atoms with van der Waals surface area (Å²) >= 11 is 0. The van der Waals surface area contributed by atoms with E-state index in [1.807, 2.05) is 0 Å². The fraction of sp³-hybridized carbons (Fsp3) is 0.188. The summed E-state index contributed by atoms with van der Waals surface area (Å²) in [6.45, 7) is -1.72. The Kier molecular flexibility index (Phi) is 5.03. The molecule has 0 aromatic carbocycles. The lowest BCUT2D eigenvalue weighted by Gasteiger charge is -2.13. The van der Waals surface area contributed by atoms with Crippen molar-refractivity contribution in [1.29, 1.82) is 0 Å². The highest BCUT2D eigenvalue weighted by Gasteiger charge is 2.29. The van der Waals surface area contributed by atoms with Gasteiger partial charge in [-0.2, -0.15) is 18.3 Å². The van der Waals surface area contributed by atoms with Gasteiger partial charge >= 0.3 is 12.1 Å². The van der Waals surface area contributed by atoms with E-state index in [2.05, 4.69) is 19.6 Å². The second-order valence-corrected chi connectivity index (χ2v) is 5.31. The molecule has 3 aromatic rings. The standard InChI is InChI=1S/C16H10F5N3O4/c1-26-15(25)9-5-10-13(18)11(2-3-24(10)23-9)28-14-12(4-8(17)6-22-14)27-7-16(19,20)21/h2-6H,7H2,1H3. The van der Waals surface area contributed by atoms with Crippen LogP contribution in [-0.4, -0.2) is 40.5 Å². The van der Waals surface area contributed by atoms with E-state index in [4.69, 9.17) is 4.74 Å². The van der Waals surface area contributed by atoms with Crippen molar-refractivity contribution in [3.63, 3.8) is 0 Å². The van der Waals surface area contributed by atoms with E-state index in [9.17, 15) is 26.7 Å². The van der Waals surface area contributed by atoms with Crippen molar-refractivity contribution in [2.75, 3.05) is 13.7 Å². The summed E-state index contributed by atoms with van der Waals surface area (Å²) in [5.74, 6) is -4.47. The molecule has 0 radical (unpaired) electrons. The number of carbonyl (C=O) groups is 1. The number of carbonyl (C=O) groups excluding carboxylic acids is 1. The van der Waals surface area contributed by atoms with E-state index in [0.29, 0.717) is 12.3 Å². The van der Waals surface area contributed by atoms with Gasteiger partial charge in [-0.15, -0.1) is 0 Å². The van der Waals surface area contributed by atoms with Crippen LogP contribution in [0.15, 0.2) is 30.6 Å². The Bertz CT molecular complexity index is 1040. The summed E-state index contributed by atoms with van der Waals surface area (Å²) in [7, 11) is 1.12. The molecular formula is C16H10F5N3O4. The summed E-state index contributed by atoms with van der Waals surface area (Å²) in [4.78, 5) is 15.0. The number of methoxy groups -OCH3 is 1. The van der Waals surface area contributed by atoms with Gasteiger partial charge in [0.05, 0.1) is 13.3 Å². The van der Waals surface area contributed by atoms with Gasteiger partial charge in [-0.25, -0.2) is 23.1 Å². The first-order chi connectivity index (χ1) is 13.2. The summed E-state index contributed by atoms with van der Waals surface area (Å²) in [5, 5.41) is 3.81. The zero-order valence-electron chi connectivity index (χ0n) is 14.0. The van der Waals surface area contributed by atoms with E-state index in [-0.39, 0.29) is 11.2 Å². The van der Waals surface area contributed by atoms with Crippen molar-refractivity contribution < 1.29 is 41.0 Å². The lowest BCUT2D eigenvalue weighted by Crippen LogP contribution is -2.19. The average molecular weight is 403 g/mol. The minimum absolute atomic E-state index is 0.169. The van der Waals surface area contributed by atoms with Crippen molar-refractivity contribution in [3.8, 4) is 17.4 Å². The van der Waals surface area contributed by atoms with E-state index in [1.165, 1.54) is 6.20 Å². The Hall–Kier alpha value is -3.44. The molecule has 0 N–H and O–H groups in total. The van der Waals surface area contributed by atoms with Crippen molar-refractivity contribution in [3.05, 3.63) is 47.9 Å². The number of fused-ring (bicyclic) bond motifs is 1. The van der Waals surface area contributed by atoms with Crippen molar-refractivity contribution in [2.45, 2.75) is 6.18 Å². The number of halogens is 5. The lowest BCUT2D eigenvalue weighted by atomic mass is 10.3. The first-order valence-electron chi connectivity index (χ1n) is 7.47. The highest BCUT2D eigenvalue weighted by atomic mass is 19.4. The van der Waals surface area contributed by atoms with Crippen LogP contribution in [0.5, 0.6) is 17.4 Å². The number of rotatable bonds is 5. The molecule has 0 fully saturated rings. The fourth-order valence-corrected chi connectivity index (χ4v) is 2.14. The first kappa shape index (κ1) is 19.3. The number of hydrogen-bond acceptors (Lipinski definition) is 6. The molecule has 0 amide bonds. The molecule has 0 saturated carbocycles. The molecule has 0 bridgehead atoms. The minimum atomic E-state index is -4.68. The Balaban J connectivity index is 1.94. The van der Waals surface area contributed by atoms with Crippen LogP contribution in [0.4, 0.5) is 22.0 Å². The molecule has 7 nitrogen and oxygen atoms in total. The monoisotopic (exact) mass is 403 g/mol. The minimum Gasteiger partial charge on any atom is -0.478 e. The molecule has 0 aliphatic heterocycles. The number of nitrogens with zero attached hydrogens (tertiary/aromatic N) is 3. The van der Waals surface area contributed by atoms with Crippen LogP contribution >= 0.6 is 0 Å². The van der Waals surface area contributed by atoms with Crippen molar-refractivity contribution >= 4 is 11.5 Å². The van der Waals surface area contributed by atoms with Gasteiger partial charge in [0.1, 0.15) is 11.3 Å². The van der Waals surface area contributed by atoms with Crippen molar-refractivity contribution in [2.24, 2.45) is 0 Å². The molecule has 0 saturated heterocycles. The SMILES string of the molecule is COC(=O)c1cc2c(F)c(Oc3ncc(F)cc3OCC(F)(F)F)ccn2n1. The molecule has 3 aromatic heterocycles. The number of hydrogen-bond donors (Lipinski definition) is 0. The van der Waals surface area contributed by atoms with E-state index >= 15 is 0 Å². The van der Waals surface area contributed by atoms with Crippen LogP contribution in [-0.2, 0) is 4.74 Å². The molecule has 0 aliphatic rings. The number of pyridine rings is 2. The molecule has 3 heterocycles. The summed E-state index contributed by atoms with van der Waals surface area (Å²) in [5.41, 5.74) is -0.342. The summed E-state index contributed by atoms with van der Waals surface area (Å²) in [6.07, 6.45) is -2.78. The average Bonchev–Trinajstić information content (AvgIpc) is 3.08. The smallest absolute Gasteiger partial charge is 0.422 e. The largest absolute Gasteiger partial charge is 0.478 e. The zero-order chi connectivity index (χ0) is 20.5. The van der Waals surface area contributed by atoms with Crippen LogP contribution in [0.3, 0.4) is 0 Å². The number of aromatic nitrogens is 3. The topological polar surface area (TPSA) is 75.0 Å². The second-order valence-electron chi connectivity index (χ2n) is 5.31. The number of alkyl halides is 3. The Labute approximate surface area is 153 Å². The van der Waals surface area contributed by atoms with Gasteiger partial charge in [-0.05, 0) is 0 Å². The second kappa shape index (κ2) is 7.29. The van der Waals surface area contributed by atoms with Gasteiger partial charge < -0.3 is 14.2 Å². The molecule has 0 unspecified atom stereocenters. The lowest BCUT2D eigenvalue weighted by molar-refractivity contribution is -0.153. The van der Waals surface area contributed by atoms with Gasteiger partial charge in [-0.1, -0.05) is 0 Å². The quantitative estimate of drug-likeness (QED) is 0.479. The first-order valence-corrected chi connectivity index (χ1v) is 7.47. The van der Waals surface area contributed by atoms with Crippen LogP contribution in [0, 0.1) is 11.6 Å². The third kappa shape index (κ3) is 4.10. The zero-order valence-corrected chi connectivity index (χ0v) is 14.0. The molecule has 148 valence electrons. The van der Waals surface area contributed by atoms with Crippen LogP contribution in [0.25, 0.3) is 5.52 Å². The summed E-state index contributed by atoms with van der Waals surface area (Å²) < 4.78 is 80.2. The Morgan fingerprint density at radius 2 is 1.96 bits per heavy atom. The van der Waals surface area contributed by atoms with Crippen LogP contribution in [0.2, 0.25) is 0 Å². The molecule has 0 aliphatic carbocycles. The Morgan fingerprint density at radius 3 is 2.64 bits per heavy atom. The maximum atomic E-state index is 14.7. The third-order valence-electron chi connectivity index (χ3n) is 3.32. The van der Waals surface area contributed by atoms with Crippen LogP contribution in [0.1, 0.15) is 10.5 Å². The molecule has 0 atom stereocenters. The fourth-order valence-electron chi connectivity index (χ4n) is 2.14. The molecular weight excluding hydrogens is 393 g/mol. The van der Waals surface area contributed by atoms with E-state index in [0.717, 1.165) is 23.8 Å². The van der Waals surface area contributed by atoms with Crippen LogP contribution < -0.4 is 9.47 Å². The molecule has 0 spiro atoms. The van der Waals surface area contributed by atoms with Gasteiger partial charge in [-0.3, -0.25) is 0 Å². The Morgan fingerprint density at radius 1 is 1.21 bits per heavy atom. The normalized spacial score (nSPS) is 11.5. The molecule has 3 rings (SSSR count). The maximum Gasteiger partial charge on any atom is 0.422 e. The third-order valence-corrected chi connectivity index (χ3v) is 3.32. The highest BCUT2D eigenvalue weighted by molar-refractivity contribution is 5.88. The maximum absolute atomic E-state index is 14.7. The van der Waals surface area contributed by atoms with Gasteiger partial charge in [0.25, 0.3) is 5.88 Å². The van der Waals surface area contributed by atoms with E-state index in [1.54, 1.807) is 0 Å². The van der Waals surface area contributed by atoms with Gasteiger partial charge in [0.15, 0.2) is 29.6 Å². The summed E-state index contributed by atoms with van der Waals surface area (Å²) in [6, 6.07) is 2.81. The number of esters is 1. The van der Waals surface area contributed by atoms with Gasteiger partial charge in [0.2, 0.25) is 0 Å².